The Morgan fingerprint density at radius 3 is 2.59 bits per heavy atom. The molecule has 0 saturated heterocycles. The molecule has 0 atom stereocenters. The van der Waals surface area contributed by atoms with Crippen molar-refractivity contribution in [2.24, 2.45) is 0 Å². The summed E-state index contributed by atoms with van der Waals surface area (Å²) in [6.45, 7) is 3.35. The predicted molar refractivity (Wildman–Crippen MR) is 56.4 cm³/mol. The molecular formula is C12H11FNNaO2. The van der Waals surface area contributed by atoms with E-state index >= 15 is 0 Å². The van der Waals surface area contributed by atoms with Crippen LogP contribution in [0.1, 0.15) is 11.3 Å². The molecule has 0 spiro atoms. The molecule has 0 radical (unpaired) electrons. The van der Waals surface area contributed by atoms with Crippen LogP contribution in [-0.4, -0.2) is 10.5 Å². The van der Waals surface area contributed by atoms with Gasteiger partial charge in [0.2, 0.25) is 0 Å². The number of aliphatic carboxylic acids is 1. The van der Waals surface area contributed by atoms with Crippen molar-refractivity contribution in [2.45, 2.75) is 20.4 Å². The molecule has 3 nitrogen and oxygen atoms in total. The number of carbonyl (C=O) groups is 1. The largest absolute Gasteiger partial charge is 1.00 e. The summed E-state index contributed by atoms with van der Waals surface area (Å²) in [5.41, 5.74) is 2.26. The van der Waals surface area contributed by atoms with Gasteiger partial charge >= 0.3 is 29.6 Å². The van der Waals surface area contributed by atoms with Gasteiger partial charge in [0, 0.05) is 11.1 Å². The van der Waals surface area contributed by atoms with Crippen LogP contribution in [0, 0.1) is 19.7 Å². The SMILES string of the molecule is Cc1cc(F)cc2cc(C)n(CC(=O)[O-])c12.[Na+]. The van der Waals surface area contributed by atoms with E-state index in [1.807, 2.05) is 0 Å². The fourth-order valence-corrected chi connectivity index (χ4v) is 2.05. The smallest absolute Gasteiger partial charge is 0.548 e. The van der Waals surface area contributed by atoms with Crippen molar-refractivity contribution in [3.8, 4) is 0 Å². The van der Waals surface area contributed by atoms with Gasteiger partial charge in [0.15, 0.2) is 0 Å². The molecule has 1 aromatic carbocycles. The molecule has 84 valence electrons. The van der Waals surface area contributed by atoms with Gasteiger partial charge in [-0.05, 0) is 37.6 Å². The molecule has 0 bridgehead atoms. The molecule has 17 heavy (non-hydrogen) atoms. The first-order valence-corrected chi connectivity index (χ1v) is 4.95. The molecular weight excluding hydrogens is 232 g/mol. The molecule has 2 rings (SSSR count). The quantitative estimate of drug-likeness (QED) is 0.581. The van der Waals surface area contributed by atoms with Crippen molar-refractivity contribution in [1.82, 2.24) is 4.57 Å². The van der Waals surface area contributed by atoms with Crippen molar-refractivity contribution < 1.29 is 43.8 Å². The van der Waals surface area contributed by atoms with Crippen molar-refractivity contribution in [1.29, 1.82) is 0 Å². The summed E-state index contributed by atoms with van der Waals surface area (Å²) in [6, 6.07) is 4.57. The Morgan fingerprint density at radius 1 is 1.35 bits per heavy atom. The van der Waals surface area contributed by atoms with Crippen LogP contribution in [0.25, 0.3) is 10.9 Å². The van der Waals surface area contributed by atoms with Crippen LogP contribution in [0.3, 0.4) is 0 Å². The number of hydrogen-bond donors (Lipinski definition) is 0. The number of rotatable bonds is 2. The van der Waals surface area contributed by atoms with Gasteiger partial charge in [0.1, 0.15) is 5.82 Å². The van der Waals surface area contributed by atoms with E-state index in [0.29, 0.717) is 0 Å². The van der Waals surface area contributed by atoms with Gasteiger partial charge in [-0.25, -0.2) is 4.39 Å². The normalized spacial score (nSPS) is 10.3. The van der Waals surface area contributed by atoms with Crippen LogP contribution in [0.15, 0.2) is 18.2 Å². The Bertz CT molecular complexity index is 577. The van der Waals surface area contributed by atoms with Crippen molar-refractivity contribution >= 4 is 16.9 Å². The van der Waals surface area contributed by atoms with Crippen molar-refractivity contribution in [2.75, 3.05) is 0 Å². The number of aryl methyl sites for hydroxylation is 2. The van der Waals surface area contributed by atoms with Gasteiger partial charge in [0.05, 0.1) is 18.0 Å². The Hall–Kier alpha value is -0.840. The van der Waals surface area contributed by atoms with E-state index in [4.69, 9.17) is 0 Å². The molecule has 0 aliphatic rings. The van der Waals surface area contributed by atoms with Gasteiger partial charge in [-0.2, -0.15) is 0 Å². The Kier molecular flexibility index (Phi) is 4.36. The molecule has 0 N–H and O–H groups in total. The molecule has 1 aromatic heterocycles. The minimum Gasteiger partial charge on any atom is -0.548 e. The molecule has 2 aromatic rings. The zero-order valence-electron chi connectivity index (χ0n) is 10.1. The maximum atomic E-state index is 13.2. The van der Waals surface area contributed by atoms with E-state index in [1.54, 1.807) is 24.5 Å². The first kappa shape index (κ1) is 14.2. The van der Waals surface area contributed by atoms with Gasteiger partial charge in [-0.3, -0.25) is 0 Å². The minimum absolute atomic E-state index is 0. The van der Waals surface area contributed by atoms with E-state index in [0.717, 1.165) is 22.2 Å². The molecule has 1 heterocycles. The maximum Gasteiger partial charge on any atom is 1.00 e. The van der Waals surface area contributed by atoms with E-state index < -0.39 is 5.97 Å². The first-order valence-electron chi connectivity index (χ1n) is 4.95. The summed E-state index contributed by atoms with van der Waals surface area (Å²) in [5.74, 6) is -1.46. The molecule has 0 fully saturated rings. The zero-order chi connectivity index (χ0) is 11.9. The predicted octanol–water partition coefficient (Wildman–Crippen LogP) is -1.85. The summed E-state index contributed by atoms with van der Waals surface area (Å²) in [7, 11) is 0. The van der Waals surface area contributed by atoms with Gasteiger partial charge in [-0.15, -0.1) is 0 Å². The number of benzene rings is 1. The van der Waals surface area contributed by atoms with E-state index in [-0.39, 0.29) is 41.9 Å². The van der Waals surface area contributed by atoms with E-state index in [2.05, 4.69) is 0 Å². The summed E-state index contributed by atoms with van der Waals surface area (Å²) < 4.78 is 14.8. The van der Waals surface area contributed by atoms with Crippen LogP contribution in [0.5, 0.6) is 0 Å². The second-order valence-electron chi connectivity index (χ2n) is 3.90. The van der Waals surface area contributed by atoms with Crippen LogP contribution in [-0.2, 0) is 11.3 Å². The topological polar surface area (TPSA) is 45.1 Å². The molecule has 0 aliphatic carbocycles. The average Bonchev–Trinajstić information content (AvgIpc) is 2.41. The van der Waals surface area contributed by atoms with Crippen LogP contribution < -0.4 is 34.7 Å². The zero-order valence-corrected chi connectivity index (χ0v) is 12.1. The molecule has 0 unspecified atom stereocenters. The van der Waals surface area contributed by atoms with Crippen LogP contribution in [0.2, 0.25) is 0 Å². The summed E-state index contributed by atoms with van der Waals surface area (Å²) in [4.78, 5) is 10.6. The molecule has 5 heteroatoms. The summed E-state index contributed by atoms with van der Waals surface area (Å²) >= 11 is 0. The average molecular weight is 243 g/mol. The third-order valence-electron chi connectivity index (χ3n) is 2.64. The third kappa shape index (κ3) is 2.70. The van der Waals surface area contributed by atoms with E-state index in [1.165, 1.54) is 12.1 Å². The summed E-state index contributed by atoms with van der Waals surface area (Å²) in [5, 5.41) is 11.4. The summed E-state index contributed by atoms with van der Waals surface area (Å²) in [6.07, 6.45) is 0. The minimum atomic E-state index is -1.15. The number of nitrogens with zero attached hydrogens (tertiary/aromatic N) is 1. The fourth-order valence-electron chi connectivity index (χ4n) is 2.05. The van der Waals surface area contributed by atoms with Crippen LogP contribution in [0.4, 0.5) is 4.39 Å². The van der Waals surface area contributed by atoms with Gasteiger partial charge in [0.25, 0.3) is 0 Å². The first-order chi connectivity index (χ1) is 7.49. The van der Waals surface area contributed by atoms with Crippen LogP contribution >= 0.6 is 0 Å². The monoisotopic (exact) mass is 243 g/mol. The third-order valence-corrected chi connectivity index (χ3v) is 2.64. The van der Waals surface area contributed by atoms with Gasteiger partial charge in [-0.1, -0.05) is 0 Å². The van der Waals surface area contributed by atoms with Crippen molar-refractivity contribution in [3.05, 3.63) is 35.3 Å². The Labute approximate surface area is 121 Å². The molecule has 0 saturated carbocycles. The second kappa shape index (κ2) is 5.21. The molecule has 0 aliphatic heterocycles. The Morgan fingerprint density at radius 2 is 2.00 bits per heavy atom. The van der Waals surface area contributed by atoms with E-state index in [9.17, 15) is 14.3 Å². The Balaban J connectivity index is 0.00000144. The number of carboxylic acids is 1. The molecule has 0 amide bonds. The standard InChI is InChI=1S/C12H12FNO2.Na/c1-7-3-10(13)5-9-4-8(2)14(12(7)9)6-11(15)16;/h3-5H,6H2,1-2H3,(H,15,16);/q;+1/p-1. The number of hydrogen-bond acceptors (Lipinski definition) is 2. The number of carboxylic acid groups (broad SMARTS) is 1. The number of aromatic nitrogens is 1. The maximum absolute atomic E-state index is 13.2. The van der Waals surface area contributed by atoms with Crippen molar-refractivity contribution in [3.63, 3.8) is 0 Å². The fraction of sp³-hybridized carbons (Fsp3) is 0.250. The number of halogens is 1. The van der Waals surface area contributed by atoms with Gasteiger partial charge < -0.3 is 14.5 Å². The number of fused-ring (bicyclic) bond motifs is 1. The second-order valence-corrected chi connectivity index (χ2v) is 3.90. The number of carbonyl (C=O) groups excluding carboxylic acids is 1.